The molecule has 1 heterocycles. The van der Waals surface area contributed by atoms with Gasteiger partial charge in [0, 0.05) is 18.8 Å². The zero-order valence-electron chi connectivity index (χ0n) is 13.2. The van der Waals surface area contributed by atoms with Gasteiger partial charge in [0.05, 0.1) is 0 Å². The molecule has 0 aromatic carbocycles. The van der Waals surface area contributed by atoms with Crippen LogP contribution in [-0.2, 0) is 4.79 Å². The molecule has 6 heteroatoms. The van der Waals surface area contributed by atoms with E-state index in [4.69, 9.17) is 0 Å². The first-order valence-electron chi connectivity index (χ1n) is 7.08. The number of aromatic nitrogens is 1. The number of pyridine rings is 1. The second-order valence-corrected chi connectivity index (χ2v) is 4.99. The Bertz CT molecular complexity index is 539. The minimum atomic E-state index is -1.05. The van der Waals surface area contributed by atoms with Gasteiger partial charge in [0.15, 0.2) is 0 Å². The fourth-order valence-electron chi connectivity index (χ4n) is 2.29. The van der Waals surface area contributed by atoms with Crippen molar-refractivity contribution < 1.29 is 14.7 Å². The SMILES string of the molecule is CCN(CC)C(=O)C(C)Nc1nc(C)cc(C)c1C(=O)O. The molecule has 0 fully saturated rings. The molecule has 0 bridgehead atoms. The number of nitrogens with zero attached hydrogens (tertiary/aromatic N) is 2. The van der Waals surface area contributed by atoms with E-state index in [0.717, 1.165) is 0 Å². The number of aromatic carboxylic acids is 1. The molecule has 0 aliphatic rings. The Morgan fingerprint density at radius 2 is 1.90 bits per heavy atom. The molecule has 1 aromatic rings. The number of carbonyl (C=O) groups excluding carboxylic acids is 1. The summed E-state index contributed by atoms with van der Waals surface area (Å²) < 4.78 is 0. The number of carboxylic acid groups (broad SMARTS) is 1. The highest BCUT2D eigenvalue weighted by molar-refractivity contribution is 5.96. The Morgan fingerprint density at radius 3 is 2.38 bits per heavy atom. The van der Waals surface area contributed by atoms with Crippen LogP contribution in [0, 0.1) is 13.8 Å². The van der Waals surface area contributed by atoms with Crippen LogP contribution in [0.5, 0.6) is 0 Å². The molecule has 1 unspecified atom stereocenters. The molecule has 0 radical (unpaired) electrons. The first-order valence-corrected chi connectivity index (χ1v) is 7.08. The monoisotopic (exact) mass is 293 g/mol. The molecule has 0 aliphatic carbocycles. The Labute approximate surface area is 125 Å². The van der Waals surface area contributed by atoms with Crippen molar-refractivity contribution in [1.29, 1.82) is 0 Å². The van der Waals surface area contributed by atoms with Crippen LogP contribution in [0.3, 0.4) is 0 Å². The molecule has 6 nitrogen and oxygen atoms in total. The third kappa shape index (κ3) is 3.93. The summed E-state index contributed by atoms with van der Waals surface area (Å²) in [7, 11) is 0. The highest BCUT2D eigenvalue weighted by Crippen LogP contribution is 2.19. The van der Waals surface area contributed by atoms with E-state index in [9.17, 15) is 14.7 Å². The fourth-order valence-corrected chi connectivity index (χ4v) is 2.29. The Hall–Kier alpha value is -2.11. The maximum absolute atomic E-state index is 12.2. The first-order chi connectivity index (χ1) is 9.81. The van der Waals surface area contributed by atoms with Gasteiger partial charge in [0.1, 0.15) is 17.4 Å². The second-order valence-electron chi connectivity index (χ2n) is 4.99. The predicted molar refractivity (Wildman–Crippen MR) is 81.7 cm³/mol. The summed E-state index contributed by atoms with van der Waals surface area (Å²) in [5, 5.41) is 12.3. The number of hydrogen-bond acceptors (Lipinski definition) is 4. The van der Waals surface area contributed by atoms with Gasteiger partial charge in [-0.1, -0.05) is 0 Å². The van der Waals surface area contributed by atoms with Crippen LogP contribution in [-0.4, -0.2) is 46.0 Å². The van der Waals surface area contributed by atoms with Crippen LogP contribution in [0.1, 0.15) is 42.4 Å². The van der Waals surface area contributed by atoms with Gasteiger partial charge < -0.3 is 15.3 Å². The van der Waals surface area contributed by atoms with Gasteiger partial charge in [0.25, 0.3) is 0 Å². The van der Waals surface area contributed by atoms with Gasteiger partial charge in [-0.3, -0.25) is 4.79 Å². The highest BCUT2D eigenvalue weighted by Gasteiger charge is 2.22. The molecule has 0 saturated carbocycles. The van der Waals surface area contributed by atoms with Crippen molar-refractivity contribution in [3.05, 3.63) is 22.9 Å². The third-order valence-corrected chi connectivity index (χ3v) is 3.36. The van der Waals surface area contributed by atoms with Crippen LogP contribution in [0.25, 0.3) is 0 Å². The zero-order chi connectivity index (χ0) is 16.2. The molecule has 2 N–H and O–H groups in total. The van der Waals surface area contributed by atoms with E-state index >= 15 is 0 Å². The van der Waals surface area contributed by atoms with Gasteiger partial charge >= 0.3 is 5.97 Å². The number of nitrogens with one attached hydrogen (secondary N) is 1. The fraction of sp³-hybridized carbons (Fsp3) is 0.533. The lowest BCUT2D eigenvalue weighted by Crippen LogP contribution is -2.41. The van der Waals surface area contributed by atoms with Gasteiger partial charge in [-0.05, 0) is 46.2 Å². The van der Waals surface area contributed by atoms with Crippen LogP contribution in [0.2, 0.25) is 0 Å². The van der Waals surface area contributed by atoms with E-state index in [1.54, 1.807) is 31.7 Å². The van der Waals surface area contributed by atoms with Crippen molar-refractivity contribution in [3.63, 3.8) is 0 Å². The van der Waals surface area contributed by atoms with Crippen LogP contribution in [0.15, 0.2) is 6.07 Å². The highest BCUT2D eigenvalue weighted by atomic mass is 16.4. The number of aryl methyl sites for hydroxylation is 2. The van der Waals surface area contributed by atoms with Gasteiger partial charge in [0.2, 0.25) is 5.91 Å². The standard InChI is InChI=1S/C15H23N3O3/c1-6-18(7-2)14(19)11(5)17-13-12(15(20)21)9(3)8-10(4)16-13/h8,11H,6-7H2,1-5H3,(H,16,17)(H,20,21). The normalized spacial score (nSPS) is 11.9. The Balaban J connectivity index is 3.07. The number of amides is 1. The van der Waals surface area contributed by atoms with E-state index in [0.29, 0.717) is 24.3 Å². The lowest BCUT2D eigenvalue weighted by Gasteiger charge is -2.24. The van der Waals surface area contributed by atoms with Crippen molar-refractivity contribution >= 4 is 17.7 Å². The molecule has 1 atom stereocenters. The summed E-state index contributed by atoms with van der Waals surface area (Å²) in [6.07, 6.45) is 0. The summed E-state index contributed by atoms with van der Waals surface area (Å²) >= 11 is 0. The van der Waals surface area contributed by atoms with Crippen molar-refractivity contribution in [2.24, 2.45) is 0 Å². The number of hydrogen-bond donors (Lipinski definition) is 2. The summed E-state index contributed by atoms with van der Waals surface area (Å²) in [5.74, 6) is -0.879. The average Bonchev–Trinajstić information content (AvgIpc) is 2.38. The van der Waals surface area contributed by atoms with Crippen LogP contribution in [0.4, 0.5) is 5.82 Å². The van der Waals surface area contributed by atoms with Crippen molar-refractivity contribution in [2.45, 2.75) is 40.7 Å². The lowest BCUT2D eigenvalue weighted by atomic mass is 10.1. The van der Waals surface area contributed by atoms with E-state index in [2.05, 4.69) is 10.3 Å². The van der Waals surface area contributed by atoms with E-state index in [1.807, 2.05) is 13.8 Å². The predicted octanol–water partition coefficient (Wildman–Crippen LogP) is 2.07. The lowest BCUT2D eigenvalue weighted by molar-refractivity contribution is -0.131. The van der Waals surface area contributed by atoms with Crippen molar-refractivity contribution in [3.8, 4) is 0 Å². The molecule has 0 aliphatic heterocycles. The van der Waals surface area contributed by atoms with Gasteiger partial charge in [-0.25, -0.2) is 9.78 Å². The van der Waals surface area contributed by atoms with E-state index in [-0.39, 0.29) is 17.3 Å². The first kappa shape index (κ1) is 16.9. The summed E-state index contributed by atoms with van der Waals surface area (Å²) in [5.41, 5.74) is 1.45. The molecule has 1 rings (SSSR count). The minimum absolute atomic E-state index is 0.0719. The second kappa shape index (κ2) is 7.06. The number of rotatable bonds is 6. The van der Waals surface area contributed by atoms with Crippen molar-refractivity contribution in [2.75, 3.05) is 18.4 Å². The quantitative estimate of drug-likeness (QED) is 0.839. The molecule has 0 saturated heterocycles. The van der Waals surface area contributed by atoms with Gasteiger partial charge in [-0.2, -0.15) is 0 Å². The minimum Gasteiger partial charge on any atom is -0.478 e. The Morgan fingerprint density at radius 1 is 1.33 bits per heavy atom. The molecule has 21 heavy (non-hydrogen) atoms. The Kier molecular flexibility index (Phi) is 5.69. The number of carboxylic acids is 1. The molecule has 0 spiro atoms. The molecular formula is C15H23N3O3. The maximum Gasteiger partial charge on any atom is 0.339 e. The zero-order valence-corrected chi connectivity index (χ0v) is 13.2. The van der Waals surface area contributed by atoms with E-state index < -0.39 is 12.0 Å². The third-order valence-electron chi connectivity index (χ3n) is 3.36. The largest absolute Gasteiger partial charge is 0.478 e. The topological polar surface area (TPSA) is 82.5 Å². The van der Waals surface area contributed by atoms with Crippen molar-refractivity contribution in [1.82, 2.24) is 9.88 Å². The molecular weight excluding hydrogens is 270 g/mol. The van der Waals surface area contributed by atoms with Crippen LogP contribution >= 0.6 is 0 Å². The number of likely N-dealkylation sites (N-methyl/N-ethyl adjacent to an activating group) is 1. The number of anilines is 1. The summed E-state index contributed by atoms with van der Waals surface area (Å²) in [6.45, 7) is 10.3. The smallest absolute Gasteiger partial charge is 0.339 e. The molecule has 1 amide bonds. The maximum atomic E-state index is 12.2. The molecule has 1 aromatic heterocycles. The molecule has 116 valence electrons. The van der Waals surface area contributed by atoms with E-state index in [1.165, 1.54) is 0 Å². The average molecular weight is 293 g/mol. The number of carbonyl (C=O) groups is 2. The van der Waals surface area contributed by atoms with Gasteiger partial charge in [-0.15, -0.1) is 0 Å². The summed E-state index contributed by atoms with van der Waals surface area (Å²) in [4.78, 5) is 29.5. The van der Waals surface area contributed by atoms with Crippen LogP contribution < -0.4 is 5.32 Å². The summed E-state index contributed by atoms with van der Waals surface area (Å²) in [6, 6.07) is 1.18.